The summed E-state index contributed by atoms with van der Waals surface area (Å²) in [5.41, 5.74) is -0.678. The summed E-state index contributed by atoms with van der Waals surface area (Å²) in [6, 6.07) is 2.21. The normalized spacial score (nSPS) is 19.2. The molecule has 1 aliphatic rings. The van der Waals surface area contributed by atoms with Gasteiger partial charge in [0, 0.05) is 32.5 Å². The fraction of sp³-hybridized carbons (Fsp3) is 0.818. The highest BCUT2D eigenvalue weighted by Crippen LogP contribution is 2.19. The average molecular weight is 210 g/mol. The number of amides is 1. The lowest BCUT2D eigenvalue weighted by molar-refractivity contribution is -0.123. The molecule has 0 aromatic carbocycles. The molecule has 0 saturated carbocycles. The van der Waals surface area contributed by atoms with Gasteiger partial charge in [0.1, 0.15) is 5.54 Å². The van der Waals surface area contributed by atoms with Crippen molar-refractivity contribution >= 4 is 5.91 Å². The second-order valence-corrected chi connectivity index (χ2v) is 3.96. The minimum absolute atomic E-state index is 0.0136. The van der Waals surface area contributed by atoms with Crippen LogP contribution in [0.15, 0.2) is 0 Å². The fourth-order valence-electron chi connectivity index (χ4n) is 1.65. The van der Waals surface area contributed by atoms with Gasteiger partial charge in [-0.05, 0) is 6.42 Å². The van der Waals surface area contributed by atoms with E-state index in [-0.39, 0.29) is 5.91 Å². The first kappa shape index (κ1) is 12.0. The van der Waals surface area contributed by atoms with Crippen molar-refractivity contribution in [2.45, 2.75) is 44.6 Å². The maximum absolute atomic E-state index is 11.5. The molecule has 84 valence electrons. The molecule has 4 nitrogen and oxygen atoms in total. The van der Waals surface area contributed by atoms with Crippen LogP contribution in [0.5, 0.6) is 0 Å². The zero-order chi connectivity index (χ0) is 11.1. The largest absolute Gasteiger partial charge is 0.381 e. The topological polar surface area (TPSA) is 62.1 Å². The number of hydrogen-bond acceptors (Lipinski definition) is 3. The Bertz CT molecular complexity index is 252. The number of carbonyl (C=O) groups excluding carboxylic acids is 1. The number of hydrogen-bond donors (Lipinski definition) is 1. The van der Waals surface area contributed by atoms with Gasteiger partial charge in [0.15, 0.2) is 0 Å². The quantitative estimate of drug-likeness (QED) is 0.762. The molecule has 4 heteroatoms. The molecule has 1 fully saturated rings. The minimum atomic E-state index is -0.678. The molecule has 0 radical (unpaired) electrons. The molecule has 1 aliphatic heterocycles. The van der Waals surface area contributed by atoms with Gasteiger partial charge in [0.25, 0.3) is 0 Å². The number of nitriles is 1. The van der Waals surface area contributed by atoms with Crippen LogP contribution in [-0.4, -0.2) is 24.7 Å². The second kappa shape index (κ2) is 5.72. The van der Waals surface area contributed by atoms with Gasteiger partial charge in [0.2, 0.25) is 5.91 Å². The van der Waals surface area contributed by atoms with Gasteiger partial charge in [-0.2, -0.15) is 5.26 Å². The number of nitrogens with one attached hydrogen (secondary N) is 1. The van der Waals surface area contributed by atoms with Gasteiger partial charge in [-0.1, -0.05) is 13.3 Å². The Morgan fingerprint density at radius 3 is 2.73 bits per heavy atom. The summed E-state index contributed by atoms with van der Waals surface area (Å²) in [7, 11) is 0. The van der Waals surface area contributed by atoms with Crippen LogP contribution in [-0.2, 0) is 9.53 Å². The van der Waals surface area contributed by atoms with Crippen LogP contribution in [0.4, 0.5) is 0 Å². The van der Waals surface area contributed by atoms with Gasteiger partial charge in [-0.15, -0.1) is 0 Å². The SMILES string of the molecule is CCCCC(=O)NC1(C#N)CCOCC1. The van der Waals surface area contributed by atoms with Crippen molar-refractivity contribution in [1.82, 2.24) is 5.32 Å². The second-order valence-electron chi connectivity index (χ2n) is 3.96. The Labute approximate surface area is 90.6 Å². The zero-order valence-electron chi connectivity index (χ0n) is 9.21. The number of nitrogens with zero attached hydrogens (tertiary/aromatic N) is 1. The molecule has 1 rings (SSSR count). The summed E-state index contributed by atoms with van der Waals surface area (Å²) in [6.07, 6.45) is 3.59. The third-order valence-electron chi connectivity index (χ3n) is 2.70. The molecular formula is C11H18N2O2. The van der Waals surface area contributed by atoms with Gasteiger partial charge in [0.05, 0.1) is 6.07 Å². The Morgan fingerprint density at radius 2 is 2.20 bits per heavy atom. The summed E-state index contributed by atoms with van der Waals surface area (Å²) in [5, 5.41) is 11.9. The maximum atomic E-state index is 11.5. The molecule has 0 atom stereocenters. The van der Waals surface area contributed by atoms with Gasteiger partial charge in [-0.25, -0.2) is 0 Å². The molecule has 15 heavy (non-hydrogen) atoms. The Hall–Kier alpha value is -1.08. The van der Waals surface area contributed by atoms with E-state index in [1.54, 1.807) is 0 Å². The van der Waals surface area contributed by atoms with Crippen LogP contribution < -0.4 is 5.32 Å². The van der Waals surface area contributed by atoms with E-state index in [1.165, 1.54) is 0 Å². The molecule has 0 bridgehead atoms. The van der Waals surface area contributed by atoms with Crippen molar-refractivity contribution in [3.8, 4) is 6.07 Å². The van der Waals surface area contributed by atoms with Gasteiger partial charge >= 0.3 is 0 Å². The van der Waals surface area contributed by atoms with Gasteiger partial charge < -0.3 is 10.1 Å². The van der Waals surface area contributed by atoms with Crippen LogP contribution in [0.2, 0.25) is 0 Å². The molecule has 1 amide bonds. The molecule has 0 aliphatic carbocycles. The Kier molecular flexibility index (Phi) is 4.57. The minimum Gasteiger partial charge on any atom is -0.381 e. The molecule has 1 N–H and O–H groups in total. The lowest BCUT2D eigenvalue weighted by Crippen LogP contribution is -2.50. The van der Waals surface area contributed by atoms with E-state index in [9.17, 15) is 4.79 Å². The highest BCUT2D eigenvalue weighted by Gasteiger charge is 2.33. The fourth-order valence-corrected chi connectivity index (χ4v) is 1.65. The first-order chi connectivity index (χ1) is 7.22. The van der Waals surface area contributed by atoms with Crippen molar-refractivity contribution in [3.05, 3.63) is 0 Å². The summed E-state index contributed by atoms with van der Waals surface area (Å²) in [6.45, 7) is 3.16. The smallest absolute Gasteiger partial charge is 0.221 e. The molecule has 0 spiro atoms. The van der Waals surface area contributed by atoms with Crippen LogP contribution >= 0.6 is 0 Å². The highest BCUT2D eigenvalue weighted by atomic mass is 16.5. The standard InChI is InChI=1S/C11H18N2O2/c1-2-3-4-10(14)13-11(9-12)5-7-15-8-6-11/h2-8H2,1H3,(H,13,14). The average Bonchev–Trinajstić information content (AvgIpc) is 2.27. The molecule has 0 unspecified atom stereocenters. The summed E-state index contributed by atoms with van der Waals surface area (Å²) in [4.78, 5) is 11.5. The van der Waals surface area contributed by atoms with E-state index >= 15 is 0 Å². The van der Waals surface area contributed by atoms with E-state index in [1.807, 2.05) is 6.92 Å². The van der Waals surface area contributed by atoms with Crippen LogP contribution in [0, 0.1) is 11.3 Å². The van der Waals surface area contributed by atoms with Crippen molar-refractivity contribution in [3.63, 3.8) is 0 Å². The number of unbranched alkanes of at least 4 members (excludes halogenated alkanes) is 1. The van der Waals surface area contributed by atoms with Crippen molar-refractivity contribution in [1.29, 1.82) is 5.26 Å². The molecule has 0 aromatic rings. The lowest BCUT2D eigenvalue weighted by atomic mass is 9.91. The molecule has 1 saturated heterocycles. The van der Waals surface area contributed by atoms with Gasteiger partial charge in [-0.3, -0.25) is 4.79 Å². The summed E-state index contributed by atoms with van der Waals surface area (Å²) < 4.78 is 5.19. The third-order valence-corrected chi connectivity index (χ3v) is 2.70. The molecule has 1 heterocycles. The third kappa shape index (κ3) is 3.52. The molecular weight excluding hydrogens is 192 g/mol. The number of ether oxygens (including phenoxy) is 1. The van der Waals surface area contributed by atoms with E-state index in [4.69, 9.17) is 10.00 Å². The van der Waals surface area contributed by atoms with Crippen molar-refractivity contribution in [2.24, 2.45) is 0 Å². The maximum Gasteiger partial charge on any atom is 0.221 e. The van der Waals surface area contributed by atoms with Crippen molar-refractivity contribution in [2.75, 3.05) is 13.2 Å². The summed E-state index contributed by atoms with van der Waals surface area (Å²) in [5.74, 6) is -0.0136. The van der Waals surface area contributed by atoms with Crippen LogP contribution in [0.25, 0.3) is 0 Å². The predicted molar refractivity (Wildman–Crippen MR) is 56.1 cm³/mol. The molecule has 0 aromatic heterocycles. The van der Waals surface area contributed by atoms with E-state index in [0.717, 1.165) is 12.8 Å². The van der Waals surface area contributed by atoms with E-state index in [2.05, 4.69) is 11.4 Å². The zero-order valence-corrected chi connectivity index (χ0v) is 9.21. The lowest BCUT2D eigenvalue weighted by Gasteiger charge is -2.31. The van der Waals surface area contributed by atoms with E-state index in [0.29, 0.717) is 32.5 Å². The monoisotopic (exact) mass is 210 g/mol. The number of rotatable bonds is 4. The van der Waals surface area contributed by atoms with Crippen LogP contribution in [0.3, 0.4) is 0 Å². The highest BCUT2D eigenvalue weighted by molar-refractivity contribution is 5.77. The van der Waals surface area contributed by atoms with E-state index < -0.39 is 5.54 Å². The first-order valence-corrected chi connectivity index (χ1v) is 5.52. The Morgan fingerprint density at radius 1 is 1.53 bits per heavy atom. The number of carbonyl (C=O) groups is 1. The summed E-state index contributed by atoms with van der Waals surface area (Å²) >= 11 is 0. The van der Waals surface area contributed by atoms with Crippen molar-refractivity contribution < 1.29 is 9.53 Å². The predicted octanol–water partition coefficient (Wildman–Crippen LogP) is 1.37. The first-order valence-electron chi connectivity index (χ1n) is 5.52. The van der Waals surface area contributed by atoms with Crippen LogP contribution in [0.1, 0.15) is 39.0 Å². The Balaban J connectivity index is 2.45.